The minimum Gasteiger partial charge on any atom is -0.497 e. The summed E-state index contributed by atoms with van der Waals surface area (Å²) in [4.78, 5) is 16.0. The summed E-state index contributed by atoms with van der Waals surface area (Å²) in [5.41, 5.74) is 0.523. The third-order valence-corrected chi connectivity index (χ3v) is 3.44. The Morgan fingerprint density at radius 1 is 1.41 bits per heavy atom. The van der Waals surface area contributed by atoms with Crippen LogP contribution < -0.4 is 14.8 Å². The molecule has 1 aromatic heterocycles. The quantitative estimate of drug-likeness (QED) is 0.677. The van der Waals surface area contributed by atoms with Crippen LogP contribution in [0.5, 0.6) is 11.5 Å². The van der Waals surface area contributed by atoms with Gasteiger partial charge in [-0.2, -0.15) is 5.26 Å². The lowest BCUT2D eigenvalue weighted by atomic mass is 10.1. The van der Waals surface area contributed by atoms with Gasteiger partial charge >= 0.3 is 0 Å². The van der Waals surface area contributed by atoms with E-state index in [2.05, 4.69) is 10.3 Å². The summed E-state index contributed by atoms with van der Waals surface area (Å²) in [6.45, 7) is 0. The molecule has 0 spiro atoms. The molecule has 0 bridgehead atoms. The maximum Gasteiger partial charge on any atom is 0.268 e. The van der Waals surface area contributed by atoms with Gasteiger partial charge < -0.3 is 9.47 Å². The van der Waals surface area contributed by atoms with Crippen LogP contribution in [0.2, 0.25) is 0 Å². The molecule has 0 saturated heterocycles. The van der Waals surface area contributed by atoms with Crippen molar-refractivity contribution in [2.75, 3.05) is 19.5 Å². The highest BCUT2D eigenvalue weighted by molar-refractivity contribution is 7.13. The van der Waals surface area contributed by atoms with E-state index in [9.17, 15) is 10.1 Å². The number of ether oxygens (including phenoxy) is 2. The second-order valence-corrected chi connectivity index (χ2v) is 4.96. The van der Waals surface area contributed by atoms with E-state index in [-0.39, 0.29) is 5.57 Å². The molecule has 1 heterocycles. The summed E-state index contributed by atoms with van der Waals surface area (Å²) in [7, 11) is 3.05. The van der Waals surface area contributed by atoms with Gasteiger partial charge in [-0.3, -0.25) is 10.1 Å². The number of methoxy groups -OCH3 is 2. The predicted molar refractivity (Wildman–Crippen MR) is 83.9 cm³/mol. The van der Waals surface area contributed by atoms with Crippen LogP contribution in [0.3, 0.4) is 0 Å². The molecule has 0 fully saturated rings. The van der Waals surface area contributed by atoms with Crippen molar-refractivity contribution in [1.29, 1.82) is 5.26 Å². The molecule has 0 radical (unpaired) electrons. The summed E-state index contributed by atoms with van der Waals surface area (Å²) in [6.07, 6.45) is 3.02. The van der Waals surface area contributed by atoms with Crippen LogP contribution in [0.15, 0.2) is 35.3 Å². The summed E-state index contributed by atoms with van der Waals surface area (Å²) in [6, 6.07) is 7.01. The minimum atomic E-state index is -0.526. The molecule has 0 aliphatic carbocycles. The third kappa shape index (κ3) is 3.62. The fraction of sp³-hybridized carbons (Fsp3) is 0.133. The monoisotopic (exact) mass is 315 g/mol. The number of nitrogens with one attached hydrogen (secondary N) is 1. The highest BCUT2D eigenvalue weighted by Gasteiger charge is 2.12. The van der Waals surface area contributed by atoms with Crippen LogP contribution in [-0.4, -0.2) is 25.1 Å². The first kappa shape index (κ1) is 15.5. The van der Waals surface area contributed by atoms with Gasteiger partial charge in [0.05, 0.1) is 14.2 Å². The minimum absolute atomic E-state index is 0.0539. The molecule has 1 amide bonds. The van der Waals surface area contributed by atoms with E-state index in [0.717, 1.165) is 0 Å². The second kappa shape index (κ2) is 7.24. The number of hydrogen-bond donors (Lipinski definition) is 1. The van der Waals surface area contributed by atoms with Crippen LogP contribution in [0, 0.1) is 11.3 Å². The van der Waals surface area contributed by atoms with Gasteiger partial charge in [0.25, 0.3) is 5.91 Å². The van der Waals surface area contributed by atoms with E-state index in [1.807, 2.05) is 6.07 Å². The number of amides is 1. The fourth-order valence-corrected chi connectivity index (χ4v) is 2.23. The Morgan fingerprint density at radius 3 is 2.82 bits per heavy atom. The van der Waals surface area contributed by atoms with E-state index < -0.39 is 5.91 Å². The molecule has 2 aromatic rings. The van der Waals surface area contributed by atoms with E-state index in [1.54, 1.807) is 29.8 Å². The normalized spacial score (nSPS) is 10.7. The smallest absolute Gasteiger partial charge is 0.268 e. The van der Waals surface area contributed by atoms with Gasteiger partial charge in [0.15, 0.2) is 5.13 Å². The Morgan fingerprint density at radius 2 is 2.23 bits per heavy atom. The van der Waals surface area contributed by atoms with Crippen LogP contribution >= 0.6 is 11.3 Å². The standard InChI is InChI=1S/C15H13N3O3S/c1-20-12-3-4-13(21-2)10(8-12)7-11(9-16)14(19)18-15-17-5-6-22-15/h3-8H,1-2H3,(H,17,18,19)/b11-7+. The number of rotatable bonds is 5. The Labute approximate surface area is 131 Å². The van der Waals surface area contributed by atoms with Gasteiger partial charge in [-0.05, 0) is 24.3 Å². The number of carbonyl (C=O) groups is 1. The molecule has 6 nitrogen and oxygen atoms in total. The Balaban J connectivity index is 2.32. The van der Waals surface area contributed by atoms with Gasteiger partial charge in [-0.25, -0.2) is 4.98 Å². The average Bonchev–Trinajstić information content (AvgIpc) is 3.05. The first-order valence-electron chi connectivity index (χ1n) is 6.22. The molecular formula is C15H13N3O3S. The van der Waals surface area contributed by atoms with Crippen molar-refractivity contribution in [1.82, 2.24) is 4.98 Å². The molecule has 0 aliphatic rings. The molecule has 1 N–H and O–H groups in total. The highest BCUT2D eigenvalue weighted by Crippen LogP contribution is 2.26. The molecule has 22 heavy (non-hydrogen) atoms. The summed E-state index contributed by atoms with van der Waals surface area (Å²) < 4.78 is 10.4. The van der Waals surface area contributed by atoms with Gasteiger partial charge in [-0.15, -0.1) is 11.3 Å². The van der Waals surface area contributed by atoms with Crippen molar-refractivity contribution >= 4 is 28.5 Å². The maximum atomic E-state index is 12.1. The number of thiazole rings is 1. The van der Waals surface area contributed by atoms with E-state index in [0.29, 0.717) is 22.2 Å². The number of nitriles is 1. The number of hydrogen-bond acceptors (Lipinski definition) is 6. The molecule has 1 aromatic carbocycles. The number of aromatic nitrogens is 1. The molecule has 0 aliphatic heterocycles. The fourth-order valence-electron chi connectivity index (χ4n) is 1.71. The van der Waals surface area contributed by atoms with E-state index >= 15 is 0 Å². The second-order valence-electron chi connectivity index (χ2n) is 4.07. The SMILES string of the molecule is COc1ccc(OC)c(/C=C(\C#N)C(=O)Nc2nccs2)c1. The van der Waals surface area contributed by atoms with E-state index in [1.165, 1.54) is 31.6 Å². The van der Waals surface area contributed by atoms with Crippen molar-refractivity contribution in [2.24, 2.45) is 0 Å². The molecule has 0 atom stereocenters. The third-order valence-electron chi connectivity index (χ3n) is 2.75. The lowest BCUT2D eigenvalue weighted by Crippen LogP contribution is -2.13. The summed E-state index contributed by atoms with van der Waals surface area (Å²) in [5.74, 6) is 0.614. The van der Waals surface area contributed by atoms with Crippen molar-refractivity contribution < 1.29 is 14.3 Å². The summed E-state index contributed by atoms with van der Waals surface area (Å²) in [5, 5.41) is 13.9. The molecule has 0 unspecified atom stereocenters. The zero-order valence-electron chi connectivity index (χ0n) is 12.0. The number of anilines is 1. The average molecular weight is 315 g/mol. The van der Waals surface area contributed by atoms with Crippen LogP contribution in [0.25, 0.3) is 6.08 Å². The van der Waals surface area contributed by atoms with Crippen LogP contribution in [0.1, 0.15) is 5.56 Å². The van der Waals surface area contributed by atoms with Crippen LogP contribution in [-0.2, 0) is 4.79 Å². The maximum absolute atomic E-state index is 12.1. The first-order valence-corrected chi connectivity index (χ1v) is 7.10. The molecule has 112 valence electrons. The first-order chi connectivity index (χ1) is 10.7. The van der Waals surface area contributed by atoms with Gasteiger partial charge in [0, 0.05) is 17.1 Å². The summed E-state index contributed by atoms with van der Waals surface area (Å²) >= 11 is 1.27. The van der Waals surface area contributed by atoms with Crippen molar-refractivity contribution in [3.05, 3.63) is 40.9 Å². The predicted octanol–water partition coefficient (Wildman–Crippen LogP) is 2.71. The van der Waals surface area contributed by atoms with Gasteiger partial charge in [0.1, 0.15) is 23.1 Å². The number of nitrogens with zero attached hydrogens (tertiary/aromatic N) is 2. The van der Waals surface area contributed by atoms with Gasteiger partial charge in [-0.1, -0.05) is 0 Å². The topological polar surface area (TPSA) is 84.2 Å². The highest BCUT2D eigenvalue weighted by atomic mass is 32.1. The van der Waals surface area contributed by atoms with Crippen molar-refractivity contribution in [2.45, 2.75) is 0 Å². The number of benzene rings is 1. The van der Waals surface area contributed by atoms with E-state index in [4.69, 9.17) is 9.47 Å². The molecule has 2 rings (SSSR count). The lowest BCUT2D eigenvalue weighted by Gasteiger charge is -2.08. The molecule has 0 saturated carbocycles. The zero-order valence-corrected chi connectivity index (χ0v) is 12.8. The molecular weight excluding hydrogens is 302 g/mol. The lowest BCUT2D eigenvalue weighted by molar-refractivity contribution is -0.112. The number of carbonyl (C=O) groups excluding carboxylic acids is 1. The van der Waals surface area contributed by atoms with Gasteiger partial charge in [0.2, 0.25) is 0 Å². The zero-order chi connectivity index (χ0) is 15.9. The Bertz CT molecular complexity index is 733. The Kier molecular flexibility index (Phi) is 5.11. The Hall–Kier alpha value is -2.85. The van der Waals surface area contributed by atoms with Crippen molar-refractivity contribution in [3.63, 3.8) is 0 Å². The molecule has 7 heteroatoms. The van der Waals surface area contributed by atoms with Crippen molar-refractivity contribution in [3.8, 4) is 17.6 Å². The van der Waals surface area contributed by atoms with Crippen LogP contribution in [0.4, 0.5) is 5.13 Å². The largest absolute Gasteiger partial charge is 0.497 e.